The number of hydrogen-bond acceptors (Lipinski definition) is 0. The molecule has 3 aromatic rings. The van der Waals surface area contributed by atoms with Crippen molar-refractivity contribution in [2.75, 3.05) is 0 Å². The zero-order valence-corrected chi connectivity index (χ0v) is 18.3. The summed E-state index contributed by atoms with van der Waals surface area (Å²) in [7, 11) is 0. The molecule has 0 unspecified atom stereocenters. The van der Waals surface area contributed by atoms with E-state index in [1.165, 1.54) is 58.4 Å². The van der Waals surface area contributed by atoms with E-state index >= 15 is 0 Å². The molecule has 2 aliphatic carbocycles. The normalized spacial score (nSPS) is 15.2. The van der Waals surface area contributed by atoms with E-state index in [4.69, 9.17) is 0 Å². The first-order valence-corrected chi connectivity index (χ1v) is 10.7. The van der Waals surface area contributed by atoms with Crippen LogP contribution in [0.15, 0.2) is 60.7 Å². The Hall–Kier alpha value is -1.46. The first-order chi connectivity index (χ1) is 12.6. The molecule has 0 bridgehead atoms. The van der Waals surface area contributed by atoms with Crippen LogP contribution in [0.4, 0.5) is 0 Å². The predicted molar refractivity (Wildman–Crippen MR) is 112 cm³/mol. The molecule has 2 aliphatic rings. The zero-order chi connectivity index (χ0) is 18.4. The minimum absolute atomic E-state index is 1.01. The molecular formula is C25H26Zr. The Balaban J connectivity index is 0.000000146. The van der Waals surface area contributed by atoms with Crippen molar-refractivity contribution in [1.82, 2.24) is 0 Å². The van der Waals surface area contributed by atoms with Gasteiger partial charge in [-0.25, -0.2) is 12.2 Å². The molecule has 0 spiro atoms. The molecule has 0 N–H and O–H groups in total. The van der Waals surface area contributed by atoms with Gasteiger partial charge in [0.15, 0.2) is 0 Å². The fourth-order valence-corrected chi connectivity index (χ4v) is 4.24. The summed E-state index contributed by atoms with van der Waals surface area (Å²) < 4.78 is 1.79. The average molecular weight is 418 g/mol. The van der Waals surface area contributed by atoms with Gasteiger partial charge in [-0.15, -0.1) is 46.2 Å². The minimum atomic E-state index is 1.01. The molecule has 0 atom stereocenters. The molecule has 1 fully saturated rings. The Morgan fingerprint density at radius 1 is 0.885 bits per heavy atom. The fourth-order valence-electron chi connectivity index (χ4n) is 3.37. The van der Waals surface area contributed by atoms with Gasteiger partial charge in [-0.2, -0.15) is 6.08 Å². The Morgan fingerprint density at radius 3 is 1.81 bits per heavy atom. The van der Waals surface area contributed by atoms with Crippen LogP contribution in [-0.2, 0) is 24.2 Å². The van der Waals surface area contributed by atoms with Crippen LogP contribution in [-0.4, -0.2) is 3.21 Å². The second-order valence-corrected chi connectivity index (χ2v) is 8.88. The van der Waals surface area contributed by atoms with Crippen molar-refractivity contribution in [3.63, 3.8) is 0 Å². The Labute approximate surface area is 172 Å². The van der Waals surface area contributed by atoms with Gasteiger partial charge >= 0.3 is 53.1 Å². The molecule has 0 heterocycles. The van der Waals surface area contributed by atoms with E-state index in [-0.39, 0.29) is 0 Å². The zero-order valence-electron chi connectivity index (χ0n) is 15.8. The number of benzene rings is 2. The monoisotopic (exact) mass is 416 g/mol. The summed E-state index contributed by atoms with van der Waals surface area (Å²) >= 11 is 1.68. The van der Waals surface area contributed by atoms with Crippen molar-refractivity contribution in [1.29, 1.82) is 0 Å². The summed E-state index contributed by atoms with van der Waals surface area (Å²) in [6.07, 6.45) is 15.8. The topological polar surface area (TPSA) is 0 Å². The summed E-state index contributed by atoms with van der Waals surface area (Å²) in [6.45, 7) is 4.29. The second-order valence-electron chi connectivity index (χ2n) is 7.14. The molecule has 0 aromatic heterocycles. The summed E-state index contributed by atoms with van der Waals surface area (Å²) in [5, 5.41) is 5.46. The molecule has 0 nitrogen and oxygen atoms in total. The summed E-state index contributed by atoms with van der Waals surface area (Å²) in [6, 6.07) is 15.6. The Kier molecular flexibility index (Phi) is 7.03. The Bertz CT molecular complexity index is 879. The first-order valence-electron chi connectivity index (χ1n) is 9.48. The van der Waals surface area contributed by atoms with Crippen molar-refractivity contribution >= 4 is 24.8 Å². The van der Waals surface area contributed by atoms with E-state index in [0.717, 1.165) is 6.42 Å². The predicted octanol–water partition coefficient (Wildman–Crippen LogP) is 6.91. The second kappa shape index (κ2) is 9.47. The van der Waals surface area contributed by atoms with Crippen LogP contribution in [0.1, 0.15) is 43.2 Å². The number of allylic oxidation sites excluding steroid dienone is 4. The number of aryl methyl sites for hydroxylation is 2. The van der Waals surface area contributed by atoms with Gasteiger partial charge in [-0.1, -0.05) is 35.4 Å². The van der Waals surface area contributed by atoms with E-state index in [0.29, 0.717) is 0 Å². The van der Waals surface area contributed by atoms with E-state index in [9.17, 15) is 0 Å². The van der Waals surface area contributed by atoms with Gasteiger partial charge in [0.2, 0.25) is 0 Å². The van der Waals surface area contributed by atoms with Crippen LogP contribution in [0.3, 0.4) is 0 Å². The molecule has 130 valence electrons. The molecule has 5 rings (SSSR count). The number of hydrogen-bond donors (Lipinski definition) is 0. The molecule has 0 aliphatic heterocycles. The van der Waals surface area contributed by atoms with Crippen LogP contribution in [0.25, 0.3) is 21.5 Å². The van der Waals surface area contributed by atoms with E-state index < -0.39 is 0 Å². The van der Waals surface area contributed by atoms with Crippen LogP contribution in [0, 0.1) is 19.9 Å². The van der Waals surface area contributed by atoms with Crippen LogP contribution in [0.5, 0.6) is 0 Å². The van der Waals surface area contributed by atoms with Gasteiger partial charge in [0.05, 0.1) is 0 Å². The van der Waals surface area contributed by atoms with Gasteiger partial charge < -0.3 is 0 Å². The SMILES string of the molecule is Cc1ccc2[cH-]c3ccc(C)cc3c2c1.[C-]1=CC=CC1.[Zr+2]=[C]1CCCC1. The van der Waals surface area contributed by atoms with Gasteiger partial charge in [0.25, 0.3) is 0 Å². The van der Waals surface area contributed by atoms with E-state index in [1.54, 1.807) is 27.4 Å². The molecule has 0 saturated heterocycles. The van der Waals surface area contributed by atoms with Crippen LogP contribution in [0.2, 0.25) is 0 Å². The van der Waals surface area contributed by atoms with Crippen molar-refractivity contribution in [3.05, 3.63) is 77.9 Å². The third-order valence-corrected chi connectivity index (χ3v) is 6.04. The molecule has 3 aromatic carbocycles. The van der Waals surface area contributed by atoms with Crippen molar-refractivity contribution in [2.45, 2.75) is 46.0 Å². The van der Waals surface area contributed by atoms with Crippen molar-refractivity contribution in [2.24, 2.45) is 0 Å². The van der Waals surface area contributed by atoms with Crippen LogP contribution >= 0.6 is 0 Å². The maximum atomic E-state index is 2.99. The average Bonchev–Trinajstić information content (AvgIpc) is 3.38. The van der Waals surface area contributed by atoms with Gasteiger partial charge in [0, 0.05) is 0 Å². The fraction of sp³-hybridized carbons (Fsp3) is 0.280. The van der Waals surface area contributed by atoms with Gasteiger partial charge in [-0.05, 0) is 13.8 Å². The number of fused-ring (bicyclic) bond motifs is 3. The standard InChI is InChI=1S/C15H13.C5H8.C5H5.Zr/c1-10-3-5-12-9-13-6-4-11(2)8-15(13)14(12)7-10;2*1-2-4-5-3-1;/h3-9H,1-2H3;1-4H2;1-3H,4H2;/q-1;;-1;+2. The van der Waals surface area contributed by atoms with E-state index in [1.807, 2.05) is 12.2 Å². The van der Waals surface area contributed by atoms with Crippen molar-refractivity contribution < 1.29 is 24.2 Å². The maximum absolute atomic E-state index is 2.99. The first kappa shape index (κ1) is 19.3. The van der Waals surface area contributed by atoms with E-state index in [2.05, 4.69) is 68.5 Å². The molecule has 1 heteroatoms. The quantitative estimate of drug-likeness (QED) is 0.348. The number of rotatable bonds is 0. The molecule has 0 radical (unpaired) electrons. The van der Waals surface area contributed by atoms with Gasteiger partial charge in [-0.3, -0.25) is 6.08 Å². The summed E-state index contributed by atoms with van der Waals surface area (Å²) in [5.41, 5.74) is 2.66. The molecule has 0 amide bonds. The van der Waals surface area contributed by atoms with Crippen LogP contribution < -0.4 is 0 Å². The third-order valence-electron chi connectivity index (χ3n) is 4.81. The Morgan fingerprint density at radius 2 is 1.46 bits per heavy atom. The van der Waals surface area contributed by atoms with Gasteiger partial charge in [0.1, 0.15) is 0 Å². The molecule has 1 saturated carbocycles. The summed E-state index contributed by atoms with van der Waals surface area (Å²) in [4.78, 5) is 0. The molecule has 26 heavy (non-hydrogen) atoms. The third kappa shape index (κ3) is 5.27. The molecular weight excluding hydrogens is 391 g/mol. The van der Waals surface area contributed by atoms with Crippen molar-refractivity contribution in [3.8, 4) is 0 Å². The summed E-state index contributed by atoms with van der Waals surface area (Å²) in [5.74, 6) is 0.